The molecule has 1 aromatic carbocycles. The highest BCUT2D eigenvalue weighted by molar-refractivity contribution is 5.95. The van der Waals surface area contributed by atoms with Gasteiger partial charge in [0.25, 0.3) is 5.91 Å². The third-order valence-electron chi connectivity index (χ3n) is 4.30. The lowest BCUT2D eigenvalue weighted by atomic mass is 10.1. The van der Waals surface area contributed by atoms with E-state index in [-0.39, 0.29) is 11.9 Å². The fraction of sp³-hybridized carbons (Fsp3) is 0.263. The molecule has 0 atom stereocenters. The van der Waals surface area contributed by atoms with Gasteiger partial charge >= 0.3 is 0 Å². The minimum absolute atomic E-state index is 0.154. The van der Waals surface area contributed by atoms with Crippen LogP contribution < -0.4 is 16.4 Å². The van der Waals surface area contributed by atoms with Gasteiger partial charge in [-0.25, -0.2) is 4.98 Å². The number of hydrogen-bond donors (Lipinski definition) is 3. The number of aryl methyl sites for hydroxylation is 1. The van der Waals surface area contributed by atoms with Crippen molar-refractivity contribution in [3.63, 3.8) is 0 Å². The van der Waals surface area contributed by atoms with Crippen molar-refractivity contribution in [3.05, 3.63) is 53.9 Å². The normalized spacial score (nSPS) is 13.4. The molecule has 3 aromatic rings. The summed E-state index contributed by atoms with van der Waals surface area (Å²) in [7, 11) is 1.84. The Bertz CT molecular complexity index is 978. The first-order chi connectivity index (χ1) is 13.1. The minimum atomic E-state index is -0.154. The zero-order valence-corrected chi connectivity index (χ0v) is 15.0. The molecule has 138 valence electrons. The van der Waals surface area contributed by atoms with Gasteiger partial charge in [-0.2, -0.15) is 10.1 Å². The minimum Gasteiger partial charge on any atom is -0.368 e. The number of hydrogen-bond acceptors (Lipinski definition) is 6. The van der Waals surface area contributed by atoms with Crippen LogP contribution in [0.1, 0.15) is 28.8 Å². The fourth-order valence-corrected chi connectivity index (χ4v) is 2.79. The monoisotopic (exact) mass is 363 g/mol. The Balaban J connectivity index is 1.51. The van der Waals surface area contributed by atoms with Crippen molar-refractivity contribution in [1.29, 1.82) is 0 Å². The number of rotatable bonds is 6. The maximum atomic E-state index is 12.5. The van der Waals surface area contributed by atoms with Crippen molar-refractivity contribution >= 4 is 17.7 Å². The molecule has 8 nitrogen and oxygen atoms in total. The number of aromatic nitrogens is 4. The average molecular weight is 363 g/mol. The van der Waals surface area contributed by atoms with E-state index in [0.717, 1.165) is 24.0 Å². The number of nitrogens with one attached hydrogen (secondary N) is 2. The van der Waals surface area contributed by atoms with Crippen LogP contribution in [0.3, 0.4) is 0 Å². The van der Waals surface area contributed by atoms with Crippen LogP contribution in [0.5, 0.6) is 0 Å². The average Bonchev–Trinajstić information content (AvgIpc) is 3.37. The van der Waals surface area contributed by atoms with Gasteiger partial charge in [0.1, 0.15) is 5.82 Å². The number of anilines is 2. The highest BCUT2D eigenvalue weighted by Gasteiger charge is 2.22. The number of carbonyl (C=O) groups excluding carboxylic acids is 1. The van der Waals surface area contributed by atoms with Crippen LogP contribution in [-0.2, 0) is 13.6 Å². The van der Waals surface area contributed by atoms with Gasteiger partial charge in [-0.3, -0.25) is 9.48 Å². The highest BCUT2D eigenvalue weighted by atomic mass is 16.1. The first-order valence-corrected chi connectivity index (χ1v) is 8.84. The van der Waals surface area contributed by atoms with E-state index in [1.165, 1.54) is 0 Å². The Morgan fingerprint density at radius 2 is 2.15 bits per heavy atom. The largest absolute Gasteiger partial charge is 0.368 e. The lowest BCUT2D eigenvalue weighted by Gasteiger charge is -2.09. The molecule has 2 aromatic heterocycles. The van der Waals surface area contributed by atoms with Gasteiger partial charge in [0.15, 0.2) is 0 Å². The number of amides is 1. The van der Waals surface area contributed by atoms with Crippen LogP contribution in [0.4, 0.5) is 11.8 Å². The molecule has 1 fully saturated rings. The third kappa shape index (κ3) is 4.22. The number of nitrogens with zero attached hydrogens (tertiary/aromatic N) is 4. The Morgan fingerprint density at radius 1 is 1.30 bits per heavy atom. The summed E-state index contributed by atoms with van der Waals surface area (Å²) < 4.78 is 1.70. The molecule has 1 aliphatic carbocycles. The molecule has 0 saturated heterocycles. The third-order valence-corrected chi connectivity index (χ3v) is 4.30. The van der Waals surface area contributed by atoms with Gasteiger partial charge in [-0.05, 0) is 25.0 Å². The van der Waals surface area contributed by atoms with E-state index >= 15 is 0 Å². The Hall–Kier alpha value is -3.42. The second-order valence-corrected chi connectivity index (χ2v) is 6.70. The van der Waals surface area contributed by atoms with Gasteiger partial charge < -0.3 is 16.4 Å². The van der Waals surface area contributed by atoms with Crippen molar-refractivity contribution < 1.29 is 4.79 Å². The maximum absolute atomic E-state index is 12.5. The van der Waals surface area contributed by atoms with E-state index < -0.39 is 0 Å². The second-order valence-electron chi connectivity index (χ2n) is 6.70. The number of nitrogens with two attached hydrogens (primary N) is 1. The summed E-state index contributed by atoms with van der Waals surface area (Å²) in [6, 6.07) is 9.65. The molecule has 0 bridgehead atoms. The molecule has 0 radical (unpaired) electrons. The molecule has 0 unspecified atom stereocenters. The van der Waals surface area contributed by atoms with Crippen LogP contribution in [0, 0.1) is 0 Å². The van der Waals surface area contributed by atoms with E-state index in [2.05, 4.69) is 25.7 Å². The van der Waals surface area contributed by atoms with Crippen LogP contribution in [0.25, 0.3) is 11.3 Å². The quantitative estimate of drug-likeness (QED) is 0.617. The summed E-state index contributed by atoms with van der Waals surface area (Å²) in [6.45, 7) is 0.423. The van der Waals surface area contributed by atoms with E-state index in [0.29, 0.717) is 29.7 Å². The Kier molecular flexibility index (Phi) is 4.45. The van der Waals surface area contributed by atoms with Crippen molar-refractivity contribution in [2.45, 2.75) is 25.4 Å². The first-order valence-electron chi connectivity index (χ1n) is 8.84. The summed E-state index contributed by atoms with van der Waals surface area (Å²) >= 11 is 0. The molecule has 1 saturated carbocycles. The van der Waals surface area contributed by atoms with E-state index in [9.17, 15) is 4.79 Å². The smallest absolute Gasteiger partial charge is 0.251 e. The first kappa shape index (κ1) is 17.0. The Morgan fingerprint density at radius 3 is 2.89 bits per heavy atom. The van der Waals surface area contributed by atoms with Crippen molar-refractivity contribution in [1.82, 2.24) is 25.1 Å². The summed E-state index contributed by atoms with van der Waals surface area (Å²) in [5.74, 6) is 0.771. The SMILES string of the molecule is Cn1cc(CNC(=O)c2cccc(-c3cc(NC4CC4)nc(N)n3)c2)cn1. The zero-order valence-electron chi connectivity index (χ0n) is 15.0. The number of carbonyl (C=O) groups is 1. The summed E-state index contributed by atoms with van der Waals surface area (Å²) in [6.07, 6.45) is 5.89. The van der Waals surface area contributed by atoms with Crippen molar-refractivity contribution in [2.24, 2.45) is 7.05 Å². The molecule has 1 amide bonds. The van der Waals surface area contributed by atoms with Crippen LogP contribution in [0.2, 0.25) is 0 Å². The zero-order chi connectivity index (χ0) is 18.8. The molecule has 1 aliphatic rings. The molecule has 0 aliphatic heterocycles. The molecule has 8 heteroatoms. The molecule has 4 N–H and O–H groups in total. The topological polar surface area (TPSA) is 111 Å². The molecular formula is C19H21N7O. The molecule has 4 rings (SSSR count). The van der Waals surface area contributed by atoms with Crippen LogP contribution >= 0.6 is 0 Å². The van der Waals surface area contributed by atoms with Gasteiger partial charge in [0.2, 0.25) is 5.95 Å². The predicted octanol–water partition coefficient (Wildman–Crippen LogP) is 1.96. The van der Waals surface area contributed by atoms with Gasteiger partial charge in [0.05, 0.1) is 11.9 Å². The number of benzene rings is 1. The van der Waals surface area contributed by atoms with Gasteiger partial charge in [0, 0.05) is 48.6 Å². The van der Waals surface area contributed by atoms with E-state index in [4.69, 9.17) is 5.73 Å². The summed E-state index contributed by atoms with van der Waals surface area (Å²) in [4.78, 5) is 21.0. The summed E-state index contributed by atoms with van der Waals surface area (Å²) in [5.41, 5.74) is 8.87. The Labute approximate surface area is 156 Å². The van der Waals surface area contributed by atoms with E-state index in [1.807, 2.05) is 31.4 Å². The van der Waals surface area contributed by atoms with Crippen LogP contribution in [-0.4, -0.2) is 31.7 Å². The van der Waals surface area contributed by atoms with Crippen LogP contribution in [0.15, 0.2) is 42.7 Å². The van der Waals surface area contributed by atoms with Gasteiger partial charge in [-0.15, -0.1) is 0 Å². The molecular weight excluding hydrogens is 342 g/mol. The molecule has 2 heterocycles. The highest BCUT2D eigenvalue weighted by Crippen LogP contribution is 2.27. The fourth-order valence-electron chi connectivity index (χ4n) is 2.79. The molecule has 0 spiro atoms. The maximum Gasteiger partial charge on any atom is 0.251 e. The lowest BCUT2D eigenvalue weighted by molar-refractivity contribution is 0.0951. The molecule has 27 heavy (non-hydrogen) atoms. The number of nitrogen functional groups attached to an aromatic ring is 1. The van der Waals surface area contributed by atoms with Crippen molar-refractivity contribution in [3.8, 4) is 11.3 Å². The van der Waals surface area contributed by atoms with E-state index in [1.54, 1.807) is 23.0 Å². The summed E-state index contributed by atoms with van der Waals surface area (Å²) in [5, 5.41) is 10.3. The lowest BCUT2D eigenvalue weighted by Crippen LogP contribution is -2.22. The van der Waals surface area contributed by atoms with Gasteiger partial charge in [-0.1, -0.05) is 12.1 Å². The second kappa shape index (κ2) is 7.06. The standard InChI is InChI=1S/C19H21N7O/c1-26-11-12(10-22-26)9-21-18(27)14-4-2-3-13(7-14)16-8-17(23-15-5-6-15)25-19(20)24-16/h2-4,7-8,10-11,15H,5-6,9H2,1H3,(H,21,27)(H3,20,23,24,25). The van der Waals surface area contributed by atoms with Crippen molar-refractivity contribution in [2.75, 3.05) is 11.1 Å². The predicted molar refractivity (Wildman–Crippen MR) is 103 cm³/mol.